The minimum Gasteiger partial charge on any atom is -0.208 e. The molecule has 7 aromatic carbocycles. The summed E-state index contributed by atoms with van der Waals surface area (Å²) < 4.78 is 2.61. The number of hydrogen-bond acceptors (Lipinski definition) is 4. The van der Waals surface area contributed by atoms with Crippen LogP contribution in [0.1, 0.15) is 0 Å². The summed E-state index contributed by atoms with van der Waals surface area (Å²) in [7, 11) is 0. The molecular weight excluding hydrogens is 615 g/mol. The van der Waals surface area contributed by atoms with Gasteiger partial charge in [-0.2, -0.15) is 0 Å². The summed E-state index contributed by atoms with van der Waals surface area (Å²) in [4.78, 5) is 14.9. The molecule has 0 saturated heterocycles. The van der Waals surface area contributed by atoms with E-state index in [0.29, 0.717) is 17.5 Å². The van der Waals surface area contributed by atoms with E-state index in [-0.39, 0.29) is 0 Å². The molecule has 0 fully saturated rings. The molecule has 49 heavy (non-hydrogen) atoms. The SMILES string of the molecule is c1ccc(-c2ccc(-c3ccc(-c4nc(-c5ccccc5)nc(-c5ccc(-c6cccc7c6sc6ccccc67)cc5)n4)cc3)cc2)cc1. The zero-order valence-corrected chi connectivity index (χ0v) is 27.3. The van der Waals surface area contributed by atoms with E-state index < -0.39 is 0 Å². The molecule has 0 saturated carbocycles. The molecular formula is C45H29N3S. The van der Waals surface area contributed by atoms with Crippen molar-refractivity contribution in [1.29, 1.82) is 0 Å². The molecule has 4 heteroatoms. The molecule has 2 aromatic heterocycles. The Kier molecular flexibility index (Phi) is 7.34. The summed E-state index contributed by atoms with van der Waals surface area (Å²) in [5.41, 5.74) is 9.98. The van der Waals surface area contributed by atoms with Gasteiger partial charge >= 0.3 is 0 Å². The van der Waals surface area contributed by atoms with Crippen molar-refractivity contribution in [3.05, 3.63) is 176 Å². The highest BCUT2D eigenvalue weighted by atomic mass is 32.1. The second-order valence-electron chi connectivity index (χ2n) is 12.1. The number of thiophene rings is 1. The third-order valence-corrected chi connectivity index (χ3v) is 10.2. The van der Waals surface area contributed by atoms with E-state index in [2.05, 4.69) is 140 Å². The molecule has 3 nitrogen and oxygen atoms in total. The van der Waals surface area contributed by atoms with Gasteiger partial charge in [-0.05, 0) is 39.4 Å². The van der Waals surface area contributed by atoms with E-state index in [1.54, 1.807) is 0 Å². The summed E-state index contributed by atoms with van der Waals surface area (Å²) in [6.07, 6.45) is 0. The van der Waals surface area contributed by atoms with Crippen LogP contribution in [0, 0.1) is 0 Å². The van der Waals surface area contributed by atoms with Gasteiger partial charge in [0.25, 0.3) is 0 Å². The Morgan fingerprint density at radius 2 is 0.673 bits per heavy atom. The van der Waals surface area contributed by atoms with Gasteiger partial charge in [0.05, 0.1) is 0 Å². The van der Waals surface area contributed by atoms with Gasteiger partial charge in [0.1, 0.15) is 0 Å². The first-order valence-electron chi connectivity index (χ1n) is 16.4. The normalized spacial score (nSPS) is 11.3. The zero-order chi connectivity index (χ0) is 32.6. The van der Waals surface area contributed by atoms with Gasteiger partial charge in [0.15, 0.2) is 17.5 Å². The van der Waals surface area contributed by atoms with Gasteiger partial charge in [0.2, 0.25) is 0 Å². The second kappa shape index (κ2) is 12.4. The molecule has 0 atom stereocenters. The van der Waals surface area contributed by atoms with Gasteiger partial charge < -0.3 is 0 Å². The maximum atomic E-state index is 5.01. The van der Waals surface area contributed by atoms with E-state index >= 15 is 0 Å². The van der Waals surface area contributed by atoms with Crippen LogP contribution < -0.4 is 0 Å². The van der Waals surface area contributed by atoms with Crippen molar-refractivity contribution >= 4 is 31.5 Å². The first-order chi connectivity index (χ1) is 24.3. The van der Waals surface area contributed by atoms with Gasteiger partial charge in [-0.1, -0.05) is 170 Å². The Morgan fingerprint density at radius 3 is 1.22 bits per heavy atom. The van der Waals surface area contributed by atoms with Crippen molar-refractivity contribution in [3.8, 4) is 67.5 Å². The van der Waals surface area contributed by atoms with Crippen LogP contribution in [0.5, 0.6) is 0 Å². The number of aromatic nitrogens is 3. The first kappa shape index (κ1) is 29.0. The lowest BCUT2D eigenvalue weighted by Gasteiger charge is -2.10. The number of rotatable bonds is 6. The van der Waals surface area contributed by atoms with Crippen LogP contribution in [0.25, 0.3) is 87.7 Å². The van der Waals surface area contributed by atoms with E-state index in [1.165, 1.54) is 48.0 Å². The highest BCUT2D eigenvalue weighted by molar-refractivity contribution is 7.26. The smallest absolute Gasteiger partial charge is 0.164 e. The first-order valence-corrected chi connectivity index (χ1v) is 17.2. The maximum absolute atomic E-state index is 5.01. The van der Waals surface area contributed by atoms with Crippen LogP contribution in [0.15, 0.2) is 176 Å². The monoisotopic (exact) mass is 643 g/mol. The average Bonchev–Trinajstić information content (AvgIpc) is 3.58. The van der Waals surface area contributed by atoms with Crippen LogP contribution in [-0.4, -0.2) is 15.0 Å². The van der Waals surface area contributed by atoms with Crippen LogP contribution in [0.2, 0.25) is 0 Å². The van der Waals surface area contributed by atoms with Gasteiger partial charge in [-0.3, -0.25) is 0 Å². The molecule has 9 rings (SSSR count). The Balaban J connectivity index is 1.06. The fraction of sp³-hybridized carbons (Fsp3) is 0. The summed E-state index contributed by atoms with van der Waals surface area (Å²) in [6, 6.07) is 61.6. The summed E-state index contributed by atoms with van der Waals surface area (Å²) >= 11 is 1.85. The summed E-state index contributed by atoms with van der Waals surface area (Å²) in [5, 5.41) is 2.60. The topological polar surface area (TPSA) is 38.7 Å². The molecule has 0 amide bonds. The summed E-state index contributed by atoms with van der Waals surface area (Å²) in [5.74, 6) is 1.95. The van der Waals surface area contributed by atoms with Crippen LogP contribution in [-0.2, 0) is 0 Å². The molecule has 0 spiro atoms. The minimum absolute atomic E-state index is 0.647. The Morgan fingerprint density at radius 1 is 0.286 bits per heavy atom. The second-order valence-corrected chi connectivity index (χ2v) is 13.1. The average molecular weight is 644 g/mol. The van der Waals surface area contributed by atoms with Gasteiger partial charge in [0, 0.05) is 36.9 Å². The molecule has 9 aromatic rings. The standard InChI is InChI=1S/C45H29N3S/c1-3-10-30(11-4-1)31-18-20-32(21-19-31)33-22-26-36(27-23-33)44-46-43(35-12-5-2-6-13-35)47-45(48-44)37-28-24-34(25-29-37)38-15-9-16-40-39-14-7-8-17-41(39)49-42(38)40/h1-29H. The quantitative estimate of drug-likeness (QED) is 0.181. The highest BCUT2D eigenvalue weighted by Gasteiger charge is 2.14. The van der Waals surface area contributed by atoms with Gasteiger partial charge in [-0.25, -0.2) is 15.0 Å². The van der Waals surface area contributed by atoms with Crippen molar-refractivity contribution in [3.63, 3.8) is 0 Å². The molecule has 230 valence electrons. The van der Waals surface area contributed by atoms with E-state index in [0.717, 1.165) is 22.3 Å². The van der Waals surface area contributed by atoms with Gasteiger partial charge in [-0.15, -0.1) is 11.3 Å². The Hall–Kier alpha value is -6.23. The molecule has 0 N–H and O–H groups in total. The van der Waals surface area contributed by atoms with Crippen molar-refractivity contribution in [1.82, 2.24) is 15.0 Å². The molecule has 0 bridgehead atoms. The maximum Gasteiger partial charge on any atom is 0.164 e. The summed E-state index contributed by atoms with van der Waals surface area (Å²) in [6.45, 7) is 0. The Bertz CT molecular complexity index is 2560. The predicted octanol–water partition coefficient (Wildman–Crippen LogP) is 12.2. The largest absolute Gasteiger partial charge is 0.208 e. The van der Waals surface area contributed by atoms with E-state index in [9.17, 15) is 0 Å². The fourth-order valence-corrected chi connectivity index (χ4v) is 7.66. The predicted molar refractivity (Wildman–Crippen MR) is 205 cm³/mol. The van der Waals surface area contributed by atoms with E-state index in [1.807, 2.05) is 47.7 Å². The zero-order valence-electron chi connectivity index (χ0n) is 26.5. The third kappa shape index (κ3) is 5.58. The fourth-order valence-electron chi connectivity index (χ4n) is 6.42. The third-order valence-electron chi connectivity index (χ3n) is 8.99. The lowest BCUT2D eigenvalue weighted by atomic mass is 9.99. The van der Waals surface area contributed by atoms with Crippen LogP contribution in [0.4, 0.5) is 0 Å². The van der Waals surface area contributed by atoms with Crippen LogP contribution in [0.3, 0.4) is 0 Å². The Labute approximate surface area is 288 Å². The number of nitrogens with zero attached hydrogens (tertiary/aromatic N) is 3. The number of benzene rings is 7. The lowest BCUT2D eigenvalue weighted by molar-refractivity contribution is 1.07. The van der Waals surface area contributed by atoms with Crippen molar-refractivity contribution in [2.24, 2.45) is 0 Å². The minimum atomic E-state index is 0.647. The van der Waals surface area contributed by atoms with Crippen LogP contribution >= 0.6 is 11.3 Å². The van der Waals surface area contributed by atoms with Crippen molar-refractivity contribution in [2.45, 2.75) is 0 Å². The van der Waals surface area contributed by atoms with Crippen molar-refractivity contribution < 1.29 is 0 Å². The molecule has 0 aliphatic rings. The molecule has 2 heterocycles. The van der Waals surface area contributed by atoms with E-state index in [4.69, 9.17) is 15.0 Å². The molecule has 0 unspecified atom stereocenters. The number of hydrogen-bond donors (Lipinski definition) is 0. The molecule has 0 aliphatic heterocycles. The van der Waals surface area contributed by atoms with Crippen molar-refractivity contribution in [2.75, 3.05) is 0 Å². The number of fused-ring (bicyclic) bond motifs is 3. The molecule has 0 radical (unpaired) electrons. The molecule has 0 aliphatic carbocycles. The highest BCUT2D eigenvalue weighted by Crippen LogP contribution is 2.40. The lowest BCUT2D eigenvalue weighted by Crippen LogP contribution is -2.00.